The Hall–Kier alpha value is -1.71. The summed E-state index contributed by atoms with van der Waals surface area (Å²) in [5, 5.41) is 15.1. The molecule has 1 aromatic carbocycles. The lowest BCUT2D eigenvalue weighted by Gasteiger charge is -2.16. The van der Waals surface area contributed by atoms with Crippen LogP contribution in [-0.4, -0.2) is 31.0 Å². The second-order valence-corrected chi connectivity index (χ2v) is 6.59. The smallest absolute Gasteiger partial charge is 0.293 e. The van der Waals surface area contributed by atoms with Gasteiger partial charge in [0, 0.05) is 24.1 Å². The molecule has 0 bridgehead atoms. The molecule has 10 heteroatoms. The number of rotatable bonds is 3. The van der Waals surface area contributed by atoms with Gasteiger partial charge >= 0.3 is 0 Å². The minimum atomic E-state index is -3.88. The first kappa shape index (κ1) is 14.7. The Morgan fingerprint density at radius 2 is 2.10 bits per heavy atom. The highest BCUT2D eigenvalue weighted by atomic mass is 35.5. The minimum absolute atomic E-state index is 0.0290. The normalized spacial score (nSPS) is 19.4. The third kappa shape index (κ3) is 2.74. The van der Waals surface area contributed by atoms with Crippen LogP contribution in [0.3, 0.4) is 0 Å². The maximum atomic E-state index is 11.9. The molecule has 0 radical (unpaired) electrons. The molecular formula is C10H10ClN3O5S. The molecule has 1 aliphatic heterocycles. The monoisotopic (exact) mass is 319 g/mol. The van der Waals surface area contributed by atoms with Crippen LogP contribution in [0.5, 0.6) is 0 Å². The minimum Gasteiger partial charge on any atom is -0.305 e. The van der Waals surface area contributed by atoms with Gasteiger partial charge in [-0.05, 0) is 12.1 Å². The molecule has 1 saturated heterocycles. The van der Waals surface area contributed by atoms with Crippen LogP contribution in [0.1, 0.15) is 6.42 Å². The summed E-state index contributed by atoms with van der Waals surface area (Å²) in [6, 6.07) is 3.74. The van der Waals surface area contributed by atoms with Crippen LogP contribution < -0.4 is 10.0 Å². The van der Waals surface area contributed by atoms with Crippen molar-refractivity contribution < 1.29 is 18.1 Å². The standard InChI is InChI=1S/C10H10ClN3O5S/c11-6-1-2-8(14(16)17)9(3-6)13-5-7(4-10(13)15)20(12,18)19/h1-3,7H,4-5H2,(H2,12,18,19). The molecule has 1 amide bonds. The number of amides is 1. The van der Waals surface area contributed by atoms with Crippen LogP contribution in [0.15, 0.2) is 18.2 Å². The van der Waals surface area contributed by atoms with Crippen LogP contribution >= 0.6 is 11.6 Å². The first-order valence-electron chi connectivity index (χ1n) is 5.46. The molecule has 20 heavy (non-hydrogen) atoms. The predicted molar refractivity (Wildman–Crippen MR) is 72.0 cm³/mol. The summed E-state index contributed by atoms with van der Waals surface area (Å²) < 4.78 is 22.6. The van der Waals surface area contributed by atoms with Gasteiger partial charge in [-0.1, -0.05) is 11.6 Å². The van der Waals surface area contributed by atoms with Crippen molar-refractivity contribution in [2.24, 2.45) is 5.14 Å². The highest BCUT2D eigenvalue weighted by molar-refractivity contribution is 7.89. The third-order valence-electron chi connectivity index (χ3n) is 2.98. The number of anilines is 1. The van der Waals surface area contributed by atoms with Gasteiger partial charge in [0.15, 0.2) is 0 Å². The Morgan fingerprint density at radius 3 is 2.60 bits per heavy atom. The van der Waals surface area contributed by atoms with E-state index in [-0.39, 0.29) is 29.4 Å². The van der Waals surface area contributed by atoms with Crippen molar-refractivity contribution >= 4 is 38.9 Å². The van der Waals surface area contributed by atoms with Crippen LogP contribution in [0.25, 0.3) is 0 Å². The number of nitrogens with two attached hydrogens (primary N) is 1. The zero-order chi connectivity index (χ0) is 15.1. The van der Waals surface area contributed by atoms with E-state index in [9.17, 15) is 23.3 Å². The molecule has 108 valence electrons. The van der Waals surface area contributed by atoms with E-state index in [4.69, 9.17) is 16.7 Å². The number of nitro benzene ring substituents is 1. The number of hydrogen-bond acceptors (Lipinski definition) is 5. The summed E-state index contributed by atoms with van der Waals surface area (Å²) in [5.41, 5.74) is -0.350. The van der Waals surface area contributed by atoms with Gasteiger partial charge in [0.05, 0.1) is 4.92 Å². The molecule has 1 aromatic rings. The fourth-order valence-corrected chi connectivity index (χ4v) is 2.89. The Labute approximate surface area is 119 Å². The van der Waals surface area contributed by atoms with E-state index in [1.54, 1.807) is 0 Å². The van der Waals surface area contributed by atoms with Crippen molar-refractivity contribution in [2.75, 3.05) is 11.4 Å². The maximum absolute atomic E-state index is 11.9. The Bertz CT molecular complexity index is 690. The van der Waals surface area contributed by atoms with Crippen molar-refractivity contribution in [3.8, 4) is 0 Å². The lowest BCUT2D eigenvalue weighted by molar-refractivity contribution is -0.384. The molecule has 1 heterocycles. The SMILES string of the molecule is NS(=O)(=O)C1CC(=O)N(c2cc(Cl)ccc2[N+](=O)[O-])C1. The van der Waals surface area contributed by atoms with Gasteiger partial charge in [0.1, 0.15) is 10.9 Å². The van der Waals surface area contributed by atoms with Crippen molar-refractivity contribution in [1.82, 2.24) is 0 Å². The average Bonchev–Trinajstić information content (AvgIpc) is 2.70. The van der Waals surface area contributed by atoms with Gasteiger partial charge in [-0.2, -0.15) is 0 Å². The predicted octanol–water partition coefficient (Wildman–Crippen LogP) is 0.642. The summed E-state index contributed by atoms with van der Waals surface area (Å²) in [6.45, 7) is -0.223. The zero-order valence-corrected chi connectivity index (χ0v) is 11.6. The van der Waals surface area contributed by atoms with E-state index >= 15 is 0 Å². The number of hydrogen-bond donors (Lipinski definition) is 1. The second kappa shape index (κ2) is 5.00. The van der Waals surface area contributed by atoms with Gasteiger partial charge in [-0.15, -0.1) is 0 Å². The molecule has 0 aromatic heterocycles. The van der Waals surface area contributed by atoms with E-state index in [1.807, 2.05) is 0 Å². The van der Waals surface area contributed by atoms with Gasteiger partial charge in [0.2, 0.25) is 15.9 Å². The number of halogens is 1. The van der Waals surface area contributed by atoms with Crippen LogP contribution in [0.2, 0.25) is 5.02 Å². The van der Waals surface area contributed by atoms with Gasteiger partial charge in [-0.3, -0.25) is 14.9 Å². The molecule has 2 N–H and O–H groups in total. The first-order chi connectivity index (χ1) is 9.20. The Kier molecular flexibility index (Phi) is 3.67. The van der Waals surface area contributed by atoms with E-state index in [0.717, 1.165) is 11.0 Å². The summed E-state index contributed by atoms with van der Waals surface area (Å²) in [7, 11) is -3.88. The van der Waals surface area contributed by atoms with Crippen molar-refractivity contribution in [3.63, 3.8) is 0 Å². The van der Waals surface area contributed by atoms with Crippen molar-refractivity contribution in [1.29, 1.82) is 0 Å². The quantitative estimate of drug-likeness (QED) is 0.646. The molecule has 0 aliphatic carbocycles. The van der Waals surface area contributed by atoms with Gasteiger partial charge in [0.25, 0.3) is 5.69 Å². The largest absolute Gasteiger partial charge is 0.305 e. The summed E-state index contributed by atoms with van der Waals surface area (Å²) in [4.78, 5) is 23.2. The summed E-state index contributed by atoms with van der Waals surface area (Å²) in [6.07, 6.45) is -0.303. The Morgan fingerprint density at radius 1 is 1.45 bits per heavy atom. The van der Waals surface area contributed by atoms with E-state index in [1.165, 1.54) is 12.1 Å². The number of carbonyl (C=O) groups excluding carboxylic acids is 1. The first-order valence-corrected chi connectivity index (χ1v) is 7.45. The molecule has 1 unspecified atom stereocenters. The third-order valence-corrected chi connectivity index (χ3v) is 4.46. The fourth-order valence-electron chi connectivity index (χ4n) is 1.99. The molecular weight excluding hydrogens is 310 g/mol. The number of benzene rings is 1. The molecule has 0 saturated carbocycles. The van der Waals surface area contributed by atoms with Gasteiger partial charge < -0.3 is 4.90 Å². The zero-order valence-electron chi connectivity index (χ0n) is 10.0. The molecule has 2 rings (SSSR count). The van der Waals surface area contributed by atoms with E-state index < -0.39 is 26.1 Å². The fraction of sp³-hybridized carbons (Fsp3) is 0.300. The molecule has 8 nitrogen and oxygen atoms in total. The Balaban J connectivity index is 2.45. The van der Waals surface area contributed by atoms with Crippen molar-refractivity contribution in [3.05, 3.63) is 33.3 Å². The van der Waals surface area contributed by atoms with Crippen LogP contribution in [0, 0.1) is 10.1 Å². The number of primary sulfonamides is 1. The second-order valence-electron chi connectivity index (χ2n) is 4.31. The lowest BCUT2D eigenvalue weighted by atomic mass is 10.2. The number of nitro groups is 1. The van der Waals surface area contributed by atoms with E-state index in [0.29, 0.717) is 0 Å². The van der Waals surface area contributed by atoms with Gasteiger partial charge in [-0.25, -0.2) is 13.6 Å². The number of carbonyl (C=O) groups is 1. The van der Waals surface area contributed by atoms with Crippen molar-refractivity contribution in [2.45, 2.75) is 11.7 Å². The molecule has 0 spiro atoms. The summed E-state index contributed by atoms with van der Waals surface area (Å²) in [5.74, 6) is -0.547. The topological polar surface area (TPSA) is 124 Å². The van der Waals surface area contributed by atoms with Crippen LogP contribution in [-0.2, 0) is 14.8 Å². The highest BCUT2D eigenvalue weighted by Crippen LogP contribution is 2.34. The van der Waals surface area contributed by atoms with E-state index in [2.05, 4.69) is 0 Å². The molecule has 1 atom stereocenters. The molecule has 1 fully saturated rings. The lowest BCUT2D eigenvalue weighted by Crippen LogP contribution is -2.32. The highest BCUT2D eigenvalue weighted by Gasteiger charge is 2.39. The maximum Gasteiger partial charge on any atom is 0.293 e. The van der Waals surface area contributed by atoms with Crippen LogP contribution in [0.4, 0.5) is 11.4 Å². The average molecular weight is 320 g/mol. The summed E-state index contributed by atoms with van der Waals surface area (Å²) >= 11 is 5.77. The number of sulfonamides is 1. The number of nitrogens with zero attached hydrogens (tertiary/aromatic N) is 2. The molecule has 1 aliphatic rings.